The lowest BCUT2D eigenvalue weighted by Crippen LogP contribution is -2.17. The molecule has 0 fully saturated rings. The van der Waals surface area contributed by atoms with Crippen LogP contribution in [0.2, 0.25) is 0 Å². The lowest BCUT2D eigenvalue weighted by Gasteiger charge is -2.17. The van der Waals surface area contributed by atoms with Gasteiger partial charge in [0.2, 0.25) is 0 Å². The highest BCUT2D eigenvalue weighted by Gasteiger charge is 2.12. The van der Waals surface area contributed by atoms with E-state index in [9.17, 15) is 0 Å². The van der Waals surface area contributed by atoms with Crippen molar-refractivity contribution < 1.29 is 0 Å². The fourth-order valence-corrected chi connectivity index (χ4v) is 2.98. The number of para-hydroxylation sites is 1. The van der Waals surface area contributed by atoms with Gasteiger partial charge < -0.3 is 5.32 Å². The van der Waals surface area contributed by atoms with Gasteiger partial charge in [-0.1, -0.05) is 30.3 Å². The molecule has 3 aromatic rings. The average Bonchev–Trinajstić information content (AvgIpc) is 2.56. The Morgan fingerprint density at radius 1 is 1.00 bits per heavy atom. The van der Waals surface area contributed by atoms with Crippen LogP contribution in [0.15, 0.2) is 65.7 Å². The molecule has 0 aliphatic heterocycles. The molecule has 0 spiro atoms. The van der Waals surface area contributed by atoms with E-state index in [0.717, 1.165) is 5.52 Å². The third-order valence-electron chi connectivity index (χ3n) is 3.68. The van der Waals surface area contributed by atoms with Crippen molar-refractivity contribution >= 4 is 22.7 Å². The van der Waals surface area contributed by atoms with Crippen molar-refractivity contribution in [2.75, 3.05) is 13.3 Å². The number of fused-ring (bicyclic) bond motifs is 1. The molecule has 2 nitrogen and oxygen atoms in total. The summed E-state index contributed by atoms with van der Waals surface area (Å²) in [6.07, 6.45) is 4.06. The number of hydrogen-bond acceptors (Lipinski definition) is 3. The second-order valence-corrected chi connectivity index (χ2v) is 5.84. The number of aromatic nitrogens is 1. The number of thioether (sulfide) groups is 1. The van der Waals surface area contributed by atoms with E-state index >= 15 is 0 Å². The Labute approximate surface area is 129 Å². The van der Waals surface area contributed by atoms with Crippen molar-refractivity contribution in [2.24, 2.45) is 0 Å². The fourth-order valence-electron chi connectivity index (χ4n) is 2.57. The molecular weight excluding hydrogens is 276 g/mol. The van der Waals surface area contributed by atoms with Crippen LogP contribution in [0.25, 0.3) is 10.9 Å². The largest absolute Gasteiger partial charge is 0.309 e. The van der Waals surface area contributed by atoms with Crippen LogP contribution in [0.4, 0.5) is 0 Å². The summed E-state index contributed by atoms with van der Waals surface area (Å²) in [5, 5.41) is 4.57. The predicted octanol–water partition coefficient (Wildman–Crippen LogP) is 4.27. The SMILES string of the molecule is CNC(c1ccc(SC)cc1)c1cnc2ccccc2c1. The Hall–Kier alpha value is -1.84. The third kappa shape index (κ3) is 2.94. The van der Waals surface area contributed by atoms with E-state index in [1.165, 1.54) is 21.4 Å². The molecule has 0 bridgehead atoms. The summed E-state index contributed by atoms with van der Waals surface area (Å²) in [5.41, 5.74) is 3.48. The van der Waals surface area contributed by atoms with Crippen LogP contribution in [0.1, 0.15) is 17.2 Å². The molecule has 106 valence electrons. The molecule has 0 radical (unpaired) electrons. The quantitative estimate of drug-likeness (QED) is 0.728. The van der Waals surface area contributed by atoms with Crippen molar-refractivity contribution in [3.63, 3.8) is 0 Å². The summed E-state index contributed by atoms with van der Waals surface area (Å²) in [4.78, 5) is 5.85. The second-order valence-electron chi connectivity index (χ2n) is 4.96. The van der Waals surface area contributed by atoms with Crippen LogP contribution in [-0.4, -0.2) is 18.3 Å². The molecule has 0 saturated carbocycles. The number of benzene rings is 2. The molecule has 0 saturated heterocycles. The molecule has 2 aromatic carbocycles. The van der Waals surface area contributed by atoms with Crippen LogP contribution in [0.3, 0.4) is 0 Å². The number of nitrogens with one attached hydrogen (secondary N) is 1. The molecule has 1 N–H and O–H groups in total. The maximum atomic E-state index is 4.57. The van der Waals surface area contributed by atoms with Crippen molar-refractivity contribution in [3.8, 4) is 0 Å². The standard InChI is InChI=1S/C18H18N2S/c1-19-18(13-7-9-16(21-2)10-8-13)15-11-14-5-3-4-6-17(14)20-12-15/h3-12,18-19H,1-2H3. The van der Waals surface area contributed by atoms with Gasteiger partial charge in [0.05, 0.1) is 11.6 Å². The summed E-state index contributed by atoms with van der Waals surface area (Å²) < 4.78 is 0. The zero-order valence-corrected chi connectivity index (χ0v) is 13.0. The van der Waals surface area contributed by atoms with E-state index in [1.807, 2.05) is 25.4 Å². The molecule has 1 atom stereocenters. The molecule has 1 unspecified atom stereocenters. The minimum Gasteiger partial charge on any atom is -0.309 e. The van der Waals surface area contributed by atoms with E-state index in [1.54, 1.807) is 11.8 Å². The van der Waals surface area contributed by atoms with Gasteiger partial charge in [-0.25, -0.2) is 0 Å². The Morgan fingerprint density at radius 2 is 1.76 bits per heavy atom. The van der Waals surface area contributed by atoms with Crippen LogP contribution >= 0.6 is 11.8 Å². The monoisotopic (exact) mass is 294 g/mol. The minimum atomic E-state index is 0.165. The molecule has 0 amide bonds. The summed E-state index contributed by atoms with van der Waals surface area (Å²) in [6, 6.07) is 19.3. The van der Waals surface area contributed by atoms with Gasteiger partial charge in [0, 0.05) is 16.5 Å². The van der Waals surface area contributed by atoms with Gasteiger partial charge in [0.1, 0.15) is 0 Å². The maximum absolute atomic E-state index is 4.57. The molecule has 3 heteroatoms. The van der Waals surface area contributed by atoms with Crippen LogP contribution in [-0.2, 0) is 0 Å². The van der Waals surface area contributed by atoms with Crippen molar-refractivity contribution in [2.45, 2.75) is 10.9 Å². The lowest BCUT2D eigenvalue weighted by molar-refractivity contribution is 0.689. The molecule has 3 rings (SSSR count). The number of nitrogens with zero attached hydrogens (tertiary/aromatic N) is 1. The van der Waals surface area contributed by atoms with E-state index in [0.29, 0.717) is 0 Å². The first kappa shape index (κ1) is 14.1. The van der Waals surface area contributed by atoms with E-state index in [4.69, 9.17) is 0 Å². The molecule has 0 aliphatic rings. The number of pyridine rings is 1. The fraction of sp³-hybridized carbons (Fsp3) is 0.167. The lowest BCUT2D eigenvalue weighted by atomic mass is 9.99. The molecule has 21 heavy (non-hydrogen) atoms. The number of rotatable bonds is 4. The average molecular weight is 294 g/mol. The summed E-state index contributed by atoms with van der Waals surface area (Å²) in [6.45, 7) is 0. The Kier molecular flexibility index (Phi) is 4.23. The van der Waals surface area contributed by atoms with Crippen LogP contribution < -0.4 is 5.32 Å². The zero-order chi connectivity index (χ0) is 14.7. The van der Waals surface area contributed by atoms with E-state index in [-0.39, 0.29) is 6.04 Å². The topological polar surface area (TPSA) is 24.9 Å². The molecular formula is C18H18N2S. The highest BCUT2D eigenvalue weighted by Crippen LogP contribution is 2.25. The van der Waals surface area contributed by atoms with Gasteiger partial charge in [-0.15, -0.1) is 11.8 Å². The van der Waals surface area contributed by atoms with Gasteiger partial charge >= 0.3 is 0 Å². The van der Waals surface area contributed by atoms with Gasteiger partial charge in [-0.2, -0.15) is 0 Å². The predicted molar refractivity (Wildman–Crippen MR) is 90.9 cm³/mol. The van der Waals surface area contributed by atoms with Crippen LogP contribution in [0, 0.1) is 0 Å². The molecule has 0 aliphatic carbocycles. The highest BCUT2D eigenvalue weighted by atomic mass is 32.2. The minimum absolute atomic E-state index is 0.165. The highest BCUT2D eigenvalue weighted by molar-refractivity contribution is 7.98. The smallest absolute Gasteiger partial charge is 0.0702 e. The molecule has 1 aromatic heterocycles. The number of hydrogen-bond donors (Lipinski definition) is 1. The Balaban J connectivity index is 2.00. The van der Waals surface area contributed by atoms with Crippen molar-refractivity contribution in [1.29, 1.82) is 0 Å². The summed E-state index contributed by atoms with van der Waals surface area (Å²) in [5.74, 6) is 0. The summed E-state index contributed by atoms with van der Waals surface area (Å²) in [7, 11) is 1.99. The van der Waals surface area contributed by atoms with E-state index in [2.05, 4.69) is 59.0 Å². The Morgan fingerprint density at radius 3 is 2.48 bits per heavy atom. The second kappa shape index (κ2) is 6.29. The molecule has 1 heterocycles. The zero-order valence-electron chi connectivity index (χ0n) is 12.2. The van der Waals surface area contributed by atoms with Gasteiger partial charge in [-0.3, -0.25) is 4.98 Å². The van der Waals surface area contributed by atoms with Crippen molar-refractivity contribution in [3.05, 3.63) is 71.9 Å². The first-order valence-corrected chi connectivity index (χ1v) is 8.20. The first-order chi connectivity index (χ1) is 10.3. The van der Waals surface area contributed by atoms with Gasteiger partial charge in [0.15, 0.2) is 0 Å². The van der Waals surface area contributed by atoms with Crippen molar-refractivity contribution in [1.82, 2.24) is 10.3 Å². The van der Waals surface area contributed by atoms with Crippen LogP contribution in [0.5, 0.6) is 0 Å². The van der Waals surface area contributed by atoms with Gasteiger partial charge in [-0.05, 0) is 48.7 Å². The summed E-state index contributed by atoms with van der Waals surface area (Å²) >= 11 is 1.76. The maximum Gasteiger partial charge on any atom is 0.0702 e. The normalized spacial score (nSPS) is 12.5. The first-order valence-electron chi connectivity index (χ1n) is 6.97. The van der Waals surface area contributed by atoms with Gasteiger partial charge in [0.25, 0.3) is 0 Å². The third-order valence-corrected chi connectivity index (χ3v) is 4.43. The Bertz CT molecular complexity index is 738. The van der Waals surface area contributed by atoms with E-state index < -0.39 is 0 Å².